The van der Waals surface area contributed by atoms with Crippen molar-refractivity contribution in [3.8, 4) is 0 Å². The second kappa shape index (κ2) is 8.99. The van der Waals surface area contributed by atoms with Gasteiger partial charge in [-0.05, 0) is 31.5 Å². The van der Waals surface area contributed by atoms with Crippen LogP contribution in [0.25, 0.3) is 0 Å². The van der Waals surface area contributed by atoms with E-state index in [-0.39, 0.29) is 17.0 Å². The van der Waals surface area contributed by atoms with Crippen molar-refractivity contribution < 1.29 is 9.18 Å². The van der Waals surface area contributed by atoms with E-state index in [2.05, 4.69) is 15.6 Å². The molecule has 2 atom stereocenters. The van der Waals surface area contributed by atoms with Crippen LogP contribution in [-0.4, -0.2) is 16.7 Å². The number of nitrogens with zero attached hydrogens (tertiary/aromatic N) is 2. The van der Waals surface area contributed by atoms with E-state index in [0.717, 1.165) is 10.4 Å². The third-order valence-corrected chi connectivity index (χ3v) is 6.16. The first-order valence-electron chi connectivity index (χ1n) is 9.69. The van der Waals surface area contributed by atoms with Gasteiger partial charge in [-0.25, -0.2) is 4.39 Å². The van der Waals surface area contributed by atoms with Crippen LogP contribution in [0.2, 0.25) is 5.02 Å². The van der Waals surface area contributed by atoms with Gasteiger partial charge in [0, 0.05) is 22.5 Å². The first-order valence-corrected chi connectivity index (χ1v) is 10.9. The van der Waals surface area contributed by atoms with Crippen LogP contribution in [0.3, 0.4) is 0 Å². The monoisotopic (exact) mass is 454 g/mol. The first-order chi connectivity index (χ1) is 14.9. The second-order valence-electron chi connectivity index (χ2n) is 7.18. The minimum atomic E-state index is -0.686. The van der Waals surface area contributed by atoms with Crippen LogP contribution >= 0.6 is 22.9 Å². The van der Waals surface area contributed by atoms with Crippen molar-refractivity contribution >= 4 is 34.7 Å². The Hall–Kier alpha value is -3.03. The highest BCUT2D eigenvalue weighted by Gasteiger charge is 2.32. The summed E-state index contributed by atoms with van der Waals surface area (Å²) in [5.74, 6) is -0.115. The number of nitrogens with one attached hydrogen (secondary N) is 2. The standard InChI is InChI=1S/C23H20ClFN4OS/c1-13(15-6-4-3-5-7-15)28-23(30)20-14(2)27-22(19-11-26-12-31-19)29-21(20)17-9-8-16(25)10-18(17)24/h3-13,21H,1-2H3,(H,27,29)(H,28,30). The number of amides is 1. The molecule has 2 N–H and O–H groups in total. The molecular weight excluding hydrogens is 435 g/mol. The zero-order valence-corrected chi connectivity index (χ0v) is 18.5. The number of halogens is 2. The Labute approximate surface area is 188 Å². The number of rotatable bonds is 5. The van der Waals surface area contributed by atoms with Gasteiger partial charge < -0.3 is 10.6 Å². The lowest BCUT2D eigenvalue weighted by atomic mass is 9.94. The maximum Gasteiger partial charge on any atom is 0.251 e. The molecule has 1 aromatic heterocycles. The van der Waals surface area contributed by atoms with Crippen LogP contribution < -0.4 is 10.6 Å². The van der Waals surface area contributed by atoms with Crippen LogP contribution in [0.5, 0.6) is 0 Å². The van der Waals surface area contributed by atoms with Crippen LogP contribution in [-0.2, 0) is 4.79 Å². The van der Waals surface area contributed by atoms with E-state index in [0.29, 0.717) is 22.7 Å². The number of amidine groups is 1. The molecule has 3 aromatic rings. The number of carbonyl (C=O) groups is 1. The molecule has 1 aliphatic rings. The third-order valence-electron chi connectivity index (χ3n) is 5.06. The zero-order valence-electron chi connectivity index (χ0n) is 16.9. The molecule has 0 saturated heterocycles. The lowest BCUT2D eigenvalue weighted by molar-refractivity contribution is -0.118. The van der Waals surface area contributed by atoms with Gasteiger partial charge in [-0.3, -0.25) is 14.8 Å². The van der Waals surface area contributed by atoms with Gasteiger partial charge in [-0.1, -0.05) is 48.0 Å². The Bertz CT molecular complexity index is 1160. The van der Waals surface area contributed by atoms with E-state index in [1.165, 1.54) is 23.5 Å². The van der Waals surface area contributed by atoms with Gasteiger partial charge >= 0.3 is 0 Å². The Morgan fingerprint density at radius 1 is 1.26 bits per heavy atom. The van der Waals surface area contributed by atoms with Crippen LogP contribution in [0, 0.1) is 5.82 Å². The molecule has 1 amide bonds. The average molecular weight is 455 g/mol. The maximum atomic E-state index is 13.7. The number of carbonyl (C=O) groups excluding carboxylic acids is 1. The topological polar surface area (TPSA) is 66.4 Å². The van der Waals surface area contributed by atoms with Gasteiger partial charge in [0.2, 0.25) is 0 Å². The zero-order chi connectivity index (χ0) is 22.0. The second-order valence-corrected chi connectivity index (χ2v) is 8.47. The van der Waals surface area contributed by atoms with Crippen molar-refractivity contribution in [2.24, 2.45) is 4.99 Å². The highest BCUT2D eigenvalue weighted by atomic mass is 35.5. The average Bonchev–Trinajstić information content (AvgIpc) is 3.28. The molecule has 0 bridgehead atoms. The Kier molecular flexibility index (Phi) is 6.15. The number of thiazole rings is 1. The van der Waals surface area contributed by atoms with Gasteiger partial charge in [0.25, 0.3) is 5.91 Å². The van der Waals surface area contributed by atoms with Crippen LogP contribution in [0.15, 0.2) is 76.5 Å². The molecule has 8 heteroatoms. The molecule has 0 saturated carbocycles. The molecule has 1 aliphatic heterocycles. The fraction of sp³-hybridized carbons (Fsp3) is 0.174. The number of aromatic nitrogens is 1. The normalized spacial score (nSPS) is 17.0. The predicted octanol–water partition coefficient (Wildman–Crippen LogP) is 5.18. The highest BCUT2D eigenvalue weighted by molar-refractivity contribution is 7.11. The van der Waals surface area contributed by atoms with Gasteiger partial charge in [0.05, 0.1) is 22.0 Å². The molecule has 5 nitrogen and oxygen atoms in total. The summed E-state index contributed by atoms with van der Waals surface area (Å²) in [7, 11) is 0. The number of hydrogen-bond donors (Lipinski definition) is 2. The minimum Gasteiger partial charge on any atom is -0.346 e. The summed E-state index contributed by atoms with van der Waals surface area (Å²) in [5, 5.41) is 6.48. The summed E-state index contributed by atoms with van der Waals surface area (Å²) < 4.78 is 13.7. The van der Waals surface area contributed by atoms with Crippen molar-refractivity contribution in [1.29, 1.82) is 0 Å². The maximum absolute atomic E-state index is 13.7. The first kappa shape index (κ1) is 21.2. The quantitative estimate of drug-likeness (QED) is 0.558. The predicted molar refractivity (Wildman–Crippen MR) is 122 cm³/mol. The van der Waals surface area contributed by atoms with E-state index in [9.17, 15) is 9.18 Å². The van der Waals surface area contributed by atoms with E-state index in [1.54, 1.807) is 17.8 Å². The van der Waals surface area contributed by atoms with E-state index >= 15 is 0 Å². The Balaban J connectivity index is 1.72. The van der Waals surface area contributed by atoms with Gasteiger partial charge in [0.15, 0.2) is 0 Å². The third kappa shape index (κ3) is 4.52. The van der Waals surface area contributed by atoms with E-state index in [4.69, 9.17) is 16.6 Å². The molecule has 4 rings (SSSR count). The molecule has 0 aliphatic carbocycles. The molecule has 2 unspecified atom stereocenters. The molecule has 0 radical (unpaired) electrons. The molecular formula is C23H20ClFN4OS. The van der Waals surface area contributed by atoms with Gasteiger partial charge in [0.1, 0.15) is 17.7 Å². The number of hydrogen-bond acceptors (Lipinski definition) is 5. The summed E-state index contributed by atoms with van der Waals surface area (Å²) in [6, 6.07) is 12.9. The summed E-state index contributed by atoms with van der Waals surface area (Å²) in [6.07, 6.45) is 1.70. The van der Waals surface area contributed by atoms with Crippen molar-refractivity contribution in [3.63, 3.8) is 0 Å². The largest absolute Gasteiger partial charge is 0.346 e. The van der Waals surface area contributed by atoms with Crippen molar-refractivity contribution in [3.05, 3.63) is 98.4 Å². The number of benzene rings is 2. The lowest BCUT2D eigenvalue weighted by Gasteiger charge is -2.28. The molecule has 31 heavy (non-hydrogen) atoms. The molecule has 158 valence electrons. The fourth-order valence-corrected chi connectivity index (χ4v) is 4.32. The van der Waals surface area contributed by atoms with E-state index < -0.39 is 11.9 Å². The highest BCUT2D eigenvalue weighted by Crippen LogP contribution is 2.36. The Morgan fingerprint density at radius 3 is 2.71 bits per heavy atom. The lowest BCUT2D eigenvalue weighted by Crippen LogP contribution is -2.37. The van der Waals surface area contributed by atoms with Gasteiger partial charge in [-0.2, -0.15) is 0 Å². The Morgan fingerprint density at radius 2 is 2.03 bits per heavy atom. The van der Waals surface area contributed by atoms with Crippen molar-refractivity contribution in [2.75, 3.05) is 0 Å². The van der Waals surface area contributed by atoms with Crippen molar-refractivity contribution in [1.82, 2.24) is 15.6 Å². The van der Waals surface area contributed by atoms with Crippen LogP contribution in [0.1, 0.15) is 41.9 Å². The fourth-order valence-electron chi connectivity index (χ4n) is 3.48. The van der Waals surface area contributed by atoms with Crippen molar-refractivity contribution in [2.45, 2.75) is 25.9 Å². The molecule has 0 fully saturated rings. The van der Waals surface area contributed by atoms with Gasteiger partial charge in [-0.15, -0.1) is 11.3 Å². The SMILES string of the molecule is CC1=C(C(=O)NC(C)c2ccccc2)C(c2ccc(F)cc2Cl)N=C(c2cncs2)N1. The summed E-state index contributed by atoms with van der Waals surface area (Å²) >= 11 is 7.79. The summed E-state index contributed by atoms with van der Waals surface area (Å²) in [6.45, 7) is 3.74. The summed E-state index contributed by atoms with van der Waals surface area (Å²) in [4.78, 5) is 23.0. The minimum absolute atomic E-state index is 0.204. The van der Waals surface area contributed by atoms with E-state index in [1.807, 2.05) is 44.2 Å². The number of allylic oxidation sites excluding steroid dienone is 1. The molecule has 0 spiro atoms. The molecule has 2 heterocycles. The number of aliphatic imine (C=N–C) groups is 1. The summed E-state index contributed by atoms with van der Waals surface area (Å²) in [5.41, 5.74) is 4.35. The molecule has 2 aromatic carbocycles. The smallest absolute Gasteiger partial charge is 0.251 e. The van der Waals surface area contributed by atoms with Crippen LogP contribution in [0.4, 0.5) is 4.39 Å².